The number of nitrogens with one attached hydrogen (secondary N) is 1. The first-order valence-electron chi connectivity index (χ1n) is 7.73. The Bertz CT molecular complexity index is 201. The third-order valence-electron chi connectivity index (χ3n) is 3.66. The quantitative estimate of drug-likeness (QED) is 0.682. The van der Waals surface area contributed by atoms with E-state index in [4.69, 9.17) is 0 Å². The average Bonchev–Trinajstić information content (AvgIpc) is 2.28. The SMILES string of the molecule is CCCCCC(C)NCCN1CC(C)SC(C)C1. The summed E-state index contributed by atoms with van der Waals surface area (Å²) in [5, 5.41) is 5.27. The molecule has 2 nitrogen and oxygen atoms in total. The molecule has 1 fully saturated rings. The molecule has 0 radical (unpaired) electrons. The molecule has 1 rings (SSSR count). The van der Waals surface area contributed by atoms with E-state index in [1.165, 1.54) is 45.3 Å². The maximum Gasteiger partial charge on any atom is 0.0149 e. The fraction of sp³-hybridized carbons (Fsp3) is 1.00. The molecule has 1 aliphatic heterocycles. The van der Waals surface area contributed by atoms with Gasteiger partial charge >= 0.3 is 0 Å². The standard InChI is InChI=1S/C15H32N2S/c1-5-6-7-8-13(2)16-9-10-17-11-14(3)18-15(4)12-17/h13-16H,5-12H2,1-4H3. The third-order valence-corrected chi connectivity index (χ3v) is 4.88. The molecule has 0 aliphatic carbocycles. The fourth-order valence-corrected chi connectivity index (χ4v) is 4.13. The van der Waals surface area contributed by atoms with E-state index in [9.17, 15) is 0 Å². The predicted molar refractivity (Wildman–Crippen MR) is 84.6 cm³/mol. The summed E-state index contributed by atoms with van der Waals surface area (Å²) >= 11 is 2.14. The van der Waals surface area contributed by atoms with Crippen LogP contribution in [-0.4, -0.2) is 47.6 Å². The molecule has 0 bridgehead atoms. The molecular weight excluding hydrogens is 240 g/mol. The van der Waals surface area contributed by atoms with Crippen LogP contribution in [0.3, 0.4) is 0 Å². The summed E-state index contributed by atoms with van der Waals surface area (Å²) < 4.78 is 0. The zero-order valence-electron chi connectivity index (χ0n) is 12.7. The van der Waals surface area contributed by atoms with Crippen molar-refractivity contribution in [3.05, 3.63) is 0 Å². The van der Waals surface area contributed by atoms with Crippen molar-refractivity contribution in [3.8, 4) is 0 Å². The lowest BCUT2D eigenvalue weighted by molar-refractivity contribution is 0.266. The summed E-state index contributed by atoms with van der Waals surface area (Å²) in [6.45, 7) is 14.2. The van der Waals surface area contributed by atoms with Crippen LogP contribution >= 0.6 is 11.8 Å². The maximum absolute atomic E-state index is 3.67. The second-order valence-electron chi connectivity index (χ2n) is 5.87. The van der Waals surface area contributed by atoms with Gasteiger partial charge in [0.25, 0.3) is 0 Å². The van der Waals surface area contributed by atoms with Gasteiger partial charge in [0.2, 0.25) is 0 Å². The van der Waals surface area contributed by atoms with E-state index in [2.05, 4.69) is 49.7 Å². The highest BCUT2D eigenvalue weighted by molar-refractivity contribution is 8.00. The summed E-state index contributed by atoms with van der Waals surface area (Å²) in [5.41, 5.74) is 0. The Hall–Kier alpha value is 0.270. The molecule has 1 N–H and O–H groups in total. The number of rotatable bonds is 8. The molecule has 0 aromatic carbocycles. The van der Waals surface area contributed by atoms with Crippen molar-refractivity contribution in [1.29, 1.82) is 0 Å². The lowest BCUT2D eigenvalue weighted by Gasteiger charge is -2.34. The molecular formula is C15H32N2S. The van der Waals surface area contributed by atoms with Crippen LogP contribution < -0.4 is 5.32 Å². The minimum atomic E-state index is 0.686. The molecule has 3 unspecified atom stereocenters. The highest BCUT2D eigenvalue weighted by Gasteiger charge is 2.21. The van der Waals surface area contributed by atoms with Gasteiger partial charge in [-0.05, 0) is 13.3 Å². The van der Waals surface area contributed by atoms with Crippen LogP contribution in [0.4, 0.5) is 0 Å². The van der Waals surface area contributed by atoms with Crippen LogP contribution in [0.25, 0.3) is 0 Å². The summed E-state index contributed by atoms with van der Waals surface area (Å²) in [6.07, 6.45) is 5.41. The lowest BCUT2D eigenvalue weighted by Crippen LogP contribution is -2.44. The highest BCUT2D eigenvalue weighted by atomic mass is 32.2. The summed E-state index contributed by atoms with van der Waals surface area (Å²) in [7, 11) is 0. The monoisotopic (exact) mass is 272 g/mol. The molecule has 1 aliphatic rings. The number of unbranched alkanes of at least 4 members (excludes halogenated alkanes) is 2. The predicted octanol–water partition coefficient (Wildman–Crippen LogP) is 3.37. The number of thioether (sulfide) groups is 1. The second kappa shape index (κ2) is 9.22. The van der Waals surface area contributed by atoms with Crippen LogP contribution in [0.1, 0.15) is 53.4 Å². The van der Waals surface area contributed by atoms with Crippen molar-refractivity contribution in [3.63, 3.8) is 0 Å². The Kier molecular flexibility index (Phi) is 8.36. The smallest absolute Gasteiger partial charge is 0.0149 e. The van der Waals surface area contributed by atoms with Crippen LogP contribution in [0.15, 0.2) is 0 Å². The molecule has 3 heteroatoms. The van der Waals surface area contributed by atoms with Crippen LogP contribution in [0.5, 0.6) is 0 Å². The first kappa shape index (κ1) is 16.3. The second-order valence-corrected chi connectivity index (χ2v) is 7.75. The Morgan fingerprint density at radius 3 is 2.50 bits per heavy atom. The Balaban J connectivity index is 2.06. The maximum atomic E-state index is 3.67. The van der Waals surface area contributed by atoms with Crippen molar-refractivity contribution in [2.24, 2.45) is 0 Å². The van der Waals surface area contributed by atoms with Gasteiger partial charge in [-0.15, -0.1) is 0 Å². The largest absolute Gasteiger partial charge is 0.313 e. The number of hydrogen-bond acceptors (Lipinski definition) is 3. The first-order chi connectivity index (χ1) is 8.61. The molecule has 0 spiro atoms. The fourth-order valence-electron chi connectivity index (χ4n) is 2.74. The number of nitrogens with zero attached hydrogens (tertiary/aromatic N) is 1. The Labute approximate surface area is 118 Å². The van der Waals surface area contributed by atoms with Crippen LogP contribution in [0, 0.1) is 0 Å². The molecule has 1 saturated heterocycles. The van der Waals surface area contributed by atoms with E-state index >= 15 is 0 Å². The molecule has 108 valence electrons. The van der Waals surface area contributed by atoms with Gasteiger partial charge < -0.3 is 5.32 Å². The summed E-state index contributed by atoms with van der Waals surface area (Å²) in [4.78, 5) is 2.62. The average molecular weight is 273 g/mol. The van der Waals surface area contributed by atoms with Gasteiger partial charge in [-0.2, -0.15) is 11.8 Å². The zero-order chi connectivity index (χ0) is 13.4. The Morgan fingerprint density at radius 1 is 1.22 bits per heavy atom. The minimum Gasteiger partial charge on any atom is -0.313 e. The Morgan fingerprint density at radius 2 is 1.89 bits per heavy atom. The third kappa shape index (κ3) is 7.01. The normalized spacial score (nSPS) is 27.3. The molecule has 0 saturated carbocycles. The van der Waals surface area contributed by atoms with Gasteiger partial charge in [0, 0.05) is 42.7 Å². The van der Waals surface area contributed by atoms with Gasteiger partial charge in [0.15, 0.2) is 0 Å². The van der Waals surface area contributed by atoms with Crippen LogP contribution in [-0.2, 0) is 0 Å². The van der Waals surface area contributed by atoms with Gasteiger partial charge in [0.05, 0.1) is 0 Å². The molecule has 3 atom stereocenters. The highest BCUT2D eigenvalue weighted by Crippen LogP contribution is 2.24. The van der Waals surface area contributed by atoms with Gasteiger partial charge in [-0.25, -0.2) is 0 Å². The zero-order valence-corrected chi connectivity index (χ0v) is 13.6. The van der Waals surface area contributed by atoms with Crippen molar-refractivity contribution < 1.29 is 0 Å². The molecule has 0 aromatic heterocycles. The van der Waals surface area contributed by atoms with Gasteiger partial charge in [-0.1, -0.05) is 40.0 Å². The van der Waals surface area contributed by atoms with Crippen molar-refractivity contribution in [1.82, 2.24) is 10.2 Å². The van der Waals surface area contributed by atoms with E-state index in [-0.39, 0.29) is 0 Å². The van der Waals surface area contributed by atoms with Gasteiger partial charge in [0.1, 0.15) is 0 Å². The molecule has 18 heavy (non-hydrogen) atoms. The van der Waals surface area contributed by atoms with E-state index < -0.39 is 0 Å². The minimum absolute atomic E-state index is 0.686. The van der Waals surface area contributed by atoms with Gasteiger partial charge in [-0.3, -0.25) is 4.90 Å². The topological polar surface area (TPSA) is 15.3 Å². The summed E-state index contributed by atoms with van der Waals surface area (Å²) in [5.74, 6) is 0. The summed E-state index contributed by atoms with van der Waals surface area (Å²) in [6, 6.07) is 0.686. The molecule has 0 aromatic rings. The van der Waals surface area contributed by atoms with E-state index in [0.717, 1.165) is 17.0 Å². The first-order valence-corrected chi connectivity index (χ1v) is 8.67. The van der Waals surface area contributed by atoms with E-state index in [0.29, 0.717) is 6.04 Å². The van der Waals surface area contributed by atoms with Crippen molar-refractivity contribution in [2.75, 3.05) is 26.2 Å². The van der Waals surface area contributed by atoms with Crippen molar-refractivity contribution in [2.45, 2.75) is 69.9 Å². The molecule has 0 amide bonds. The van der Waals surface area contributed by atoms with E-state index in [1.807, 2.05) is 0 Å². The van der Waals surface area contributed by atoms with E-state index in [1.54, 1.807) is 0 Å². The lowest BCUT2D eigenvalue weighted by atomic mass is 10.1. The van der Waals surface area contributed by atoms with Crippen molar-refractivity contribution >= 4 is 11.8 Å². The number of hydrogen-bond donors (Lipinski definition) is 1. The molecule has 1 heterocycles. The van der Waals surface area contributed by atoms with Crippen LogP contribution in [0.2, 0.25) is 0 Å².